The summed E-state index contributed by atoms with van der Waals surface area (Å²) in [5.41, 5.74) is 0.105. The number of benzene rings is 3. The fourth-order valence-electron chi connectivity index (χ4n) is 3.26. The van der Waals surface area contributed by atoms with Crippen molar-refractivity contribution in [1.82, 2.24) is 14.8 Å². The molecular formula is C23H16BrF3N4O2S. The van der Waals surface area contributed by atoms with Crippen LogP contribution in [-0.2, 0) is 18.5 Å². The highest BCUT2D eigenvalue weighted by Crippen LogP contribution is 2.36. The first-order valence-electron chi connectivity index (χ1n) is 9.92. The number of rotatable bonds is 7. The predicted octanol–water partition coefficient (Wildman–Crippen LogP) is 6.98. The van der Waals surface area contributed by atoms with Crippen molar-refractivity contribution in [3.8, 4) is 11.4 Å². The monoisotopic (exact) mass is 548 g/mol. The molecule has 0 atom stereocenters. The van der Waals surface area contributed by atoms with Crippen molar-refractivity contribution in [3.05, 3.63) is 104 Å². The molecule has 0 fully saturated rings. The number of hydrogen-bond acceptors (Lipinski definition) is 5. The Labute approximate surface area is 205 Å². The van der Waals surface area contributed by atoms with Gasteiger partial charge in [0.2, 0.25) is 0 Å². The first-order chi connectivity index (χ1) is 16.2. The maximum Gasteiger partial charge on any atom is 0.416 e. The Morgan fingerprint density at radius 2 is 1.68 bits per heavy atom. The van der Waals surface area contributed by atoms with Crippen molar-refractivity contribution < 1.29 is 18.1 Å². The van der Waals surface area contributed by atoms with Crippen LogP contribution in [0, 0.1) is 10.1 Å². The van der Waals surface area contributed by atoms with Crippen LogP contribution in [-0.4, -0.2) is 19.7 Å². The molecule has 0 radical (unpaired) electrons. The standard InChI is InChI=1S/C23H16BrF3N4O2S/c24-19-8-6-16(7-9-19)14-34-22-29-28-21(30(22)13-15-4-2-1-3-5-15)17-10-18(23(25,26)27)12-20(11-17)31(32)33/h1-12H,13-14H2. The number of nitro groups is 1. The molecule has 0 saturated heterocycles. The fourth-order valence-corrected chi connectivity index (χ4v) is 4.41. The van der Waals surface area contributed by atoms with E-state index in [-0.39, 0.29) is 17.9 Å². The first kappa shape index (κ1) is 24.0. The fraction of sp³-hybridized carbons (Fsp3) is 0.130. The van der Waals surface area contributed by atoms with E-state index in [1.165, 1.54) is 11.8 Å². The van der Waals surface area contributed by atoms with Crippen LogP contribution in [0.15, 0.2) is 82.4 Å². The molecule has 11 heteroatoms. The first-order valence-corrected chi connectivity index (χ1v) is 11.7. The summed E-state index contributed by atoms with van der Waals surface area (Å²) in [7, 11) is 0. The zero-order chi connectivity index (χ0) is 24.3. The summed E-state index contributed by atoms with van der Waals surface area (Å²) in [6.07, 6.45) is -4.75. The van der Waals surface area contributed by atoms with E-state index in [4.69, 9.17) is 0 Å². The number of nitrogens with zero attached hydrogens (tertiary/aromatic N) is 4. The molecule has 174 valence electrons. The Balaban J connectivity index is 1.77. The normalized spacial score (nSPS) is 11.5. The molecule has 0 spiro atoms. The van der Waals surface area contributed by atoms with E-state index in [2.05, 4.69) is 26.1 Å². The molecule has 3 aromatic carbocycles. The average Bonchev–Trinajstić information content (AvgIpc) is 3.21. The average molecular weight is 549 g/mol. The van der Waals surface area contributed by atoms with E-state index in [1.807, 2.05) is 54.6 Å². The minimum Gasteiger partial charge on any atom is -0.298 e. The van der Waals surface area contributed by atoms with Gasteiger partial charge in [0, 0.05) is 27.9 Å². The zero-order valence-electron chi connectivity index (χ0n) is 17.4. The van der Waals surface area contributed by atoms with E-state index >= 15 is 0 Å². The third-order valence-corrected chi connectivity index (χ3v) is 6.46. The highest BCUT2D eigenvalue weighted by Gasteiger charge is 2.33. The van der Waals surface area contributed by atoms with Gasteiger partial charge in [-0.2, -0.15) is 13.2 Å². The molecule has 6 nitrogen and oxygen atoms in total. The van der Waals surface area contributed by atoms with Crippen LogP contribution in [0.2, 0.25) is 0 Å². The molecule has 4 rings (SSSR count). The molecule has 4 aromatic rings. The van der Waals surface area contributed by atoms with Crippen LogP contribution in [0.5, 0.6) is 0 Å². The number of thioether (sulfide) groups is 1. The summed E-state index contributed by atoms with van der Waals surface area (Å²) < 4.78 is 43.0. The lowest BCUT2D eigenvalue weighted by Crippen LogP contribution is -2.08. The Bertz CT molecular complexity index is 1310. The van der Waals surface area contributed by atoms with Crippen molar-refractivity contribution in [2.75, 3.05) is 0 Å². The van der Waals surface area contributed by atoms with Crippen LogP contribution in [0.25, 0.3) is 11.4 Å². The quantitative estimate of drug-likeness (QED) is 0.141. The second-order valence-corrected chi connectivity index (χ2v) is 9.17. The Morgan fingerprint density at radius 3 is 2.32 bits per heavy atom. The van der Waals surface area contributed by atoms with Crippen molar-refractivity contribution >= 4 is 33.4 Å². The minimum atomic E-state index is -4.75. The molecule has 0 N–H and O–H groups in total. The van der Waals surface area contributed by atoms with Gasteiger partial charge >= 0.3 is 6.18 Å². The Morgan fingerprint density at radius 1 is 0.971 bits per heavy atom. The second kappa shape index (κ2) is 9.98. The summed E-state index contributed by atoms with van der Waals surface area (Å²) in [6, 6.07) is 19.5. The van der Waals surface area contributed by atoms with Gasteiger partial charge < -0.3 is 0 Å². The Kier molecular flexibility index (Phi) is 7.03. The lowest BCUT2D eigenvalue weighted by molar-refractivity contribution is -0.385. The number of nitro benzene ring substituents is 1. The number of hydrogen-bond donors (Lipinski definition) is 0. The summed E-state index contributed by atoms with van der Waals surface area (Å²) in [4.78, 5) is 10.5. The van der Waals surface area contributed by atoms with E-state index in [1.54, 1.807) is 4.57 Å². The summed E-state index contributed by atoms with van der Waals surface area (Å²) >= 11 is 4.77. The van der Waals surface area contributed by atoms with Gasteiger partial charge in [-0.25, -0.2) is 0 Å². The third-order valence-electron chi connectivity index (χ3n) is 4.90. The van der Waals surface area contributed by atoms with Gasteiger partial charge in [-0.1, -0.05) is 70.2 Å². The molecular weight excluding hydrogens is 533 g/mol. The van der Waals surface area contributed by atoms with Crippen LogP contribution >= 0.6 is 27.7 Å². The smallest absolute Gasteiger partial charge is 0.298 e. The third kappa shape index (κ3) is 5.65. The van der Waals surface area contributed by atoms with Crippen LogP contribution in [0.4, 0.5) is 18.9 Å². The highest BCUT2D eigenvalue weighted by atomic mass is 79.9. The molecule has 0 unspecified atom stereocenters. The van der Waals surface area contributed by atoms with Gasteiger partial charge in [0.15, 0.2) is 11.0 Å². The van der Waals surface area contributed by atoms with Crippen molar-refractivity contribution in [2.45, 2.75) is 23.6 Å². The van der Waals surface area contributed by atoms with Gasteiger partial charge in [0.05, 0.1) is 17.0 Å². The molecule has 1 heterocycles. The Hall–Kier alpha value is -3.18. The molecule has 0 saturated carbocycles. The van der Waals surface area contributed by atoms with E-state index in [0.717, 1.165) is 27.7 Å². The summed E-state index contributed by atoms with van der Waals surface area (Å²) in [6.45, 7) is 0.288. The van der Waals surface area contributed by atoms with Gasteiger partial charge in [0.1, 0.15) is 0 Å². The van der Waals surface area contributed by atoms with Crippen molar-refractivity contribution in [1.29, 1.82) is 0 Å². The number of non-ortho nitro benzene ring substituents is 1. The van der Waals surface area contributed by atoms with Gasteiger partial charge in [-0.3, -0.25) is 14.7 Å². The molecule has 34 heavy (non-hydrogen) atoms. The second-order valence-electron chi connectivity index (χ2n) is 7.32. The lowest BCUT2D eigenvalue weighted by Gasteiger charge is -2.12. The molecule has 0 bridgehead atoms. The zero-order valence-corrected chi connectivity index (χ0v) is 19.8. The topological polar surface area (TPSA) is 73.8 Å². The minimum absolute atomic E-state index is 0.0274. The number of aromatic nitrogens is 3. The molecule has 1 aromatic heterocycles. The van der Waals surface area contributed by atoms with Gasteiger partial charge in [0.25, 0.3) is 5.69 Å². The molecule has 0 amide bonds. The van der Waals surface area contributed by atoms with E-state index < -0.39 is 22.4 Å². The summed E-state index contributed by atoms with van der Waals surface area (Å²) in [5.74, 6) is 0.680. The maximum atomic E-state index is 13.4. The van der Waals surface area contributed by atoms with E-state index in [9.17, 15) is 23.3 Å². The van der Waals surface area contributed by atoms with Gasteiger partial charge in [-0.15, -0.1) is 10.2 Å². The lowest BCUT2D eigenvalue weighted by atomic mass is 10.1. The SMILES string of the molecule is O=[N+]([O-])c1cc(-c2nnc(SCc3ccc(Br)cc3)n2Cc2ccccc2)cc(C(F)(F)F)c1. The molecule has 0 aliphatic carbocycles. The van der Waals surface area contributed by atoms with Crippen LogP contribution in [0.3, 0.4) is 0 Å². The largest absolute Gasteiger partial charge is 0.416 e. The summed E-state index contributed by atoms with van der Waals surface area (Å²) in [5, 5.41) is 20.1. The van der Waals surface area contributed by atoms with Crippen molar-refractivity contribution in [3.63, 3.8) is 0 Å². The van der Waals surface area contributed by atoms with Gasteiger partial charge in [-0.05, 0) is 29.3 Å². The van der Waals surface area contributed by atoms with Crippen LogP contribution in [0.1, 0.15) is 16.7 Å². The molecule has 0 aliphatic rings. The van der Waals surface area contributed by atoms with Crippen molar-refractivity contribution in [2.24, 2.45) is 0 Å². The van der Waals surface area contributed by atoms with Crippen LogP contribution < -0.4 is 0 Å². The predicted molar refractivity (Wildman–Crippen MR) is 126 cm³/mol. The highest BCUT2D eigenvalue weighted by molar-refractivity contribution is 9.10. The van der Waals surface area contributed by atoms with E-state index in [0.29, 0.717) is 17.0 Å². The number of alkyl halides is 3. The molecule has 0 aliphatic heterocycles. The maximum absolute atomic E-state index is 13.4. The number of halogens is 4.